The van der Waals surface area contributed by atoms with Gasteiger partial charge in [-0.3, -0.25) is 9.59 Å². The van der Waals surface area contributed by atoms with E-state index >= 15 is 0 Å². The van der Waals surface area contributed by atoms with Crippen molar-refractivity contribution in [3.8, 4) is 0 Å². The van der Waals surface area contributed by atoms with Crippen LogP contribution in [-0.4, -0.2) is 63.4 Å². The molecule has 1 saturated carbocycles. The number of Topliss-reactive ketones (excluding diaryl/α,β-unsaturated/α-hetero) is 1. The lowest BCUT2D eigenvalue weighted by atomic mass is 9.60. The normalized spacial score (nSPS) is 20.0. The average Bonchev–Trinajstić information content (AvgIpc) is 2.82. The summed E-state index contributed by atoms with van der Waals surface area (Å²) >= 11 is 0. The second-order valence-corrected chi connectivity index (χ2v) is 11.9. The summed E-state index contributed by atoms with van der Waals surface area (Å²) in [5, 5.41) is 2.90. The van der Waals surface area contributed by atoms with Crippen LogP contribution in [0.3, 0.4) is 0 Å². The lowest BCUT2D eigenvalue weighted by Gasteiger charge is -2.46. The van der Waals surface area contributed by atoms with E-state index < -0.39 is 12.1 Å². The zero-order chi connectivity index (χ0) is 29.5. The third-order valence-corrected chi connectivity index (χ3v) is 6.65. The van der Waals surface area contributed by atoms with Crippen molar-refractivity contribution in [2.75, 3.05) is 39.6 Å². The number of carbonyl (C=O) groups is 4. The molecule has 1 fully saturated rings. The smallest absolute Gasteiger partial charge is 0.407 e. The minimum Gasteiger partial charge on any atom is -0.466 e. The summed E-state index contributed by atoms with van der Waals surface area (Å²) in [5.41, 5.74) is 0.705. The molecule has 222 valence electrons. The Morgan fingerprint density at radius 3 is 2.03 bits per heavy atom. The number of rotatable bonds is 18. The van der Waals surface area contributed by atoms with E-state index in [1.165, 1.54) is 0 Å². The molecule has 39 heavy (non-hydrogen) atoms. The van der Waals surface area contributed by atoms with Gasteiger partial charge in [0, 0.05) is 25.1 Å². The fourth-order valence-electron chi connectivity index (χ4n) is 5.20. The molecule has 1 N–H and O–H groups in total. The van der Waals surface area contributed by atoms with Gasteiger partial charge >= 0.3 is 18.0 Å². The fourth-order valence-corrected chi connectivity index (χ4v) is 5.20. The molecule has 0 radical (unpaired) electrons. The summed E-state index contributed by atoms with van der Waals surface area (Å²) in [6, 6.07) is 0. The van der Waals surface area contributed by atoms with Crippen molar-refractivity contribution in [3.05, 3.63) is 24.3 Å². The number of esters is 2. The van der Waals surface area contributed by atoms with Gasteiger partial charge in [-0.05, 0) is 81.1 Å². The van der Waals surface area contributed by atoms with Crippen molar-refractivity contribution in [1.29, 1.82) is 0 Å². The van der Waals surface area contributed by atoms with Crippen LogP contribution in [0, 0.1) is 16.7 Å². The van der Waals surface area contributed by atoms with Gasteiger partial charge in [0.1, 0.15) is 6.61 Å². The highest BCUT2D eigenvalue weighted by Gasteiger charge is 2.42. The average molecular weight is 552 g/mol. The zero-order valence-corrected chi connectivity index (χ0v) is 24.7. The van der Waals surface area contributed by atoms with Crippen molar-refractivity contribution in [2.45, 2.75) is 86.0 Å². The highest BCUT2D eigenvalue weighted by molar-refractivity contribution is 5.95. The van der Waals surface area contributed by atoms with Gasteiger partial charge in [-0.1, -0.05) is 33.9 Å². The molecule has 0 aromatic rings. The Hall–Kier alpha value is -2.68. The van der Waals surface area contributed by atoms with Gasteiger partial charge in [-0.2, -0.15) is 0 Å². The molecule has 9 heteroatoms. The van der Waals surface area contributed by atoms with E-state index in [1.807, 2.05) is 0 Å². The predicted molar refractivity (Wildman–Crippen MR) is 149 cm³/mol. The summed E-state index contributed by atoms with van der Waals surface area (Å²) in [5.74, 6) is -0.579. The molecule has 0 aromatic carbocycles. The van der Waals surface area contributed by atoms with Gasteiger partial charge in [0.15, 0.2) is 5.78 Å². The van der Waals surface area contributed by atoms with Crippen molar-refractivity contribution >= 4 is 23.8 Å². The molecule has 1 aliphatic carbocycles. The highest BCUT2D eigenvalue weighted by Crippen LogP contribution is 2.49. The zero-order valence-electron chi connectivity index (χ0n) is 24.7. The van der Waals surface area contributed by atoms with Crippen molar-refractivity contribution in [3.63, 3.8) is 0 Å². The molecule has 0 aromatic heterocycles. The maximum atomic E-state index is 12.5. The summed E-state index contributed by atoms with van der Waals surface area (Å²) < 4.78 is 21.0. The van der Waals surface area contributed by atoms with Gasteiger partial charge in [0.2, 0.25) is 0 Å². The quantitative estimate of drug-likeness (QED) is 0.105. The van der Waals surface area contributed by atoms with E-state index in [9.17, 15) is 19.2 Å². The molecular formula is C30H49NO8. The molecule has 9 nitrogen and oxygen atoms in total. The number of unbranched alkanes of at least 4 members (excludes halogenated alkanes) is 2. The maximum Gasteiger partial charge on any atom is 0.407 e. The Labute approximate surface area is 234 Å². The van der Waals surface area contributed by atoms with Crippen LogP contribution in [0.5, 0.6) is 0 Å². The second kappa shape index (κ2) is 17.1. The molecule has 0 saturated heterocycles. The number of hydrogen-bond donors (Lipinski definition) is 1. The Balaban J connectivity index is 2.31. The minimum atomic E-state index is -0.456. The summed E-state index contributed by atoms with van der Waals surface area (Å²) in [4.78, 5) is 47.5. The number of amides is 1. The first-order valence-electron chi connectivity index (χ1n) is 13.9. The lowest BCUT2D eigenvalue weighted by Crippen LogP contribution is -2.44. The topological polar surface area (TPSA) is 117 Å². The first-order valence-corrected chi connectivity index (χ1v) is 13.9. The molecule has 1 aliphatic rings. The van der Waals surface area contributed by atoms with E-state index in [-0.39, 0.29) is 48.3 Å². The number of alkyl carbamates (subject to hydrolysis) is 1. The molecule has 1 amide bonds. The Morgan fingerprint density at radius 1 is 0.821 bits per heavy atom. The summed E-state index contributed by atoms with van der Waals surface area (Å²) in [7, 11) is 0. The third-order valence-electron chi connectivity index (χ3n) is 6.65. The summed E-state index contributed by atoms with van der Waals surface area (Å²) in [6.07, 6.45) is 5.10. The van der Waals surface area contributed by atoms with Gasteiger partial charge in [-0.25, -0.2) is 9.59 Å². The third kappa shape index (κ3) is 15.5. The van der Waals surface area contributed by atoms with Crippen LogP contribution in [-0.2, 0) is 33.3 Å². The number of ether oxygens (including phenoxy) is 4. The highest BCUT2D eigenvalue weighted by atomic mass is 16.5. The van der Waals surface area contributed by atoms with Crippen LogP contribution in [0.15, 0.2) is 24.3 Å². The first kappa shape index (κ1) is 34.3. The summed E-state index contributed by atoms with van der Waals surface area (Å²) in [6.45, 7) is 18.7. The maximum absolute atomic E-state index is 12.5. The van der Waals surface area contributed by atoms with Crippen LogP contribution < -0.4 is 5.32 Å². The Bertz CT molecular complexity index is 865. The van der Waals surface area contributed by atoms with Gasteiger partial charge in [-0.15, -0.1) is 0 Å². The van der Waals surface area contributed by atoms with Crippen LogP contribution >= 0.6 is 0 Å². The molecule has 0 bridgehead atoms. The van der Waals surface area contributed by atoms with E-state index in [1.54, 1.807) is 13.8 Å². The molecule has 0 heterocycles. The van der Waals surface area contributed by atoms with Gasteiger partial charge in [0.25, 0.3) is 0 Å². The number of nitrogens with one attached hydrogen (secondary N) is 1. The second-order valence-electron chi connectivity index (χ2n) is 11.9. The lowest BCUT2D eigenvalue weighted by molar-refractivity contribution is -0.146. The van der Waals surface area contributed by atoms with Gasteiger partial charge in [0.05, 0.1) is 19.8 Å². The van der Waals surface area contributed by atoms with Crippen LogP contribution in [0.1, 0.15) is 86.0 Å². The molecule has 0 spiro atoms. The standard InChI is InChI=1S/C30H49NO8/c1-22(2)25(32)19-36-12-8-9-15-39-28(35)31-21-30(7)18-24(17-29(5,6)20-30)16-26(33)37-13-10-11-14-38-27(34)23(3)4/h24H,1,3,8-21H2,2,4-7H3,(H,31,35). The van der Waals surface area contributed by atoms with E-state index in [0.29, 0.717) is 63.0 Å². The van der Waals surface area contributed by atoms with Gasteiger partial charge < -0.3 is 24.3 Å². The number of hydrogen-bond acceptors (Lipinski definition) is 8. The minimum absolute atomic E-state index is 0.0269. The van der Waals surface area contributed by atoms with E-state index in [0.717, 1.165) is 19.3 Å². The van der Waals surface area contributed by atoms with Crippen molar-refractivity contribution in [1.82, 2.24) is 5.32 Å². The molecular weight excluding hydrogens is 502 g/mol. The fraction of sp³-hybridized carbons (Fsp3) is 0.733. The van der Waals surface area contributed by atoms with E-state index in [2.05, 4.69) is 39.2 Å². The number of carbonyl (C=O) groups excluding carboxylic acids is 4. The predicted octanol–water partition coefficient (Wildman–Crippen LogP) is 5.32. The monoisotopic (exact) mass is 551 g/mol. The van der Waals surface area contributed by atoms with Crippen LogP contribution in [0.2, 0.25) is 0 Å². The SMILES string of the molecule is C=C(C)C(=O)COCCCCOC(=O)NCC1(C)CC(CC(=O)OCCCCOC(=O)C(=C)C)CC(C)(C)C1. The van der Waals surface area contributed by atoms with Crippen molar-refractivity contribution < 1.29 is 38.1 Å². The molecule has 2 atom stereocenters. The first-order chi connectivity index (χ1) is 18.2. The Kier molecular flexibility index (Phi) is 15.1. The van der Waals surface area contributed by atoms with Crippen LogP contribution in [0.25, 0.3) is 0 Å². The largest absolute Gasteiger partial charge is 0.466 e. The molecule has 1 rings (SSSR count). The van der Waals surface area contributed by atoms with Crippen molar-refractivity contribution in [2.24, 2.45) is 16.7 Å². The van der Waals surface area contributed by atoms with Crippen LogP contribution in [0.4, 0.5) is 4.79 Å². The molecule has 0 aliphatic heterocycles. The van der Waals surface area contributed by atoms with E-state index in [4.69, 9.17) is 18.9 Å². The molecule has 2 unspecified atom stereocenters. The number of ketones is 1. The Morgan fingerprint density at radius 2 is 1.41 bits per heavy atom.